The zero-order chi connectivity index (χ0) is 9.94. The van der Waals surface area contributed by atoms with E-state index in [4.69, 9.17) is 0 Å². The monoisotopic (exact) mass is 175 g/mol. The number of hydrogen-bond acceptors (Lipinski definition) is 3. The first kappa shape index (κ1) is 11.9. The Bertz CT molecular complexity index is 132. The largest absolute Gasteiger partial charge is 0.386 e. The Balaban J connectivity index is 4.18. The number of aliphatic hydroxyl groups is 2. The molecule has 0 rings (SSSR count). The molecule has 2 unspecified atom stereocenters. The average molecular weight is 175 g/mol. The molecule has 0 saturated carbocycles. The zero-order valence-corrected chi connectivity index (χ0v) is 8.70. The topological polar surface area (TPSA) is 43.7 Å². The molecule has 0 aromatic carbocycles. The Morgan fingerprint density at radius 3 is 2.00 bits per heavy atom. The second-order valence-electron chi connectivity index (χ2n) is 4.29. The number of hydrogen-bond donors (Lipinski definition) is 2. The van der Waals surface area contributed by atoms with Gasteiger partial charge in [-0.25, -0.2) is 0 Å². The molecule has 3 nitrogen and oxygen atoms in total. The first-order chi connectivity index (χ1) is 5.27. The van der Waals surface area contributed by atoms with Crippen molar-refractivity contribution in [2.75, 3.05) is 14.1 Å². The zero-order valence-electron chi connectivity index (χ0n) is 8.70. The fourth-order valence-electron chi connectivity index (χ4n) is 1.49. The Labute approximate surface area is 75.0 Å². The summed E-state index contributed by atoms with van der Waals surface area (Å²) in [6, 6.07) is 0. The van der Waals surface area contributed by atoms with Crippen LogP contribution in [0.4, 0.5) is 0 Å². The van der Waals surface area contributed by atoms with Crippen LogP contribution in [0.25, 0.3) is 0 Å². The first-order valence-corrected chi connectivity index (χ1v) is 4.34. The van der Waals surface area contributed by atoms with Gasteiger partial charge in [0.25, 0.3) is 0 Å². The van der Waals surface area contributed by atoms with Crippen molar-refractivity contribution < 1.29 is 10.2 Å². The highest BCUT2D eigenvalue weighted by atomic mass is 16.4. The second-order valence-corrected chi connectivity index (χ2v) is 4.29. The predicted octanol–water partition coefficient (Wildman–Crippen LogP) is 0.664. The summed E-state index contributed by atoms with van der Waals surface area (Å²) in [5, 5.41) is 19.4. The summed E-state index contributed by atoms with van der Waals surface area (Å²) >= 11 is 0. The molecule has 0 bridgehead atoms. The molecule has 0 aromatic rings. The van der Waals surface area contributed by atoms with Crippen molar-refractivity contribution in [1.82, 2.24) is 4.90 Å². The third-order valence-electron chi connectivity index (χ3n) is 1.87. The van der Waals surface area contributed by atoms with E-state index in [9.17, 15) is 10.2 Å². The molecule has 0 saturated heterocycles. The second kappa shape index (κ2) is 4.21. The lowest BCUT2D eigenvalue weighted by Crippen LogP contribution is -2.48. The van der Waals surface area contributed by atoms with E-state index < -0.39 is 11.8 Å². The molecule has 0 spiro atoms. The van der Waals surface area contributed by atoms with Crippen LogP contribution in [0, 0.1) is 5.92 Å². The van der Waals surface area contributed by atoms with E-state index in [0.717, 1.165) is 0 Å². The van der Waals surface area contributed by atoms with E-state index in [0.29, 0.717) is 12.3 Å². The van der Waals surface area contributed by atoms with E-state index in [-0.39, 0.29) is 0 Å². The van der Waals surface area contributed by atoms with Gasteiger partial charge in [-0.2, -0.15) is 0 Å². The van der Waals surface area contributed by atoms with Crippen molar-refractivity contribution in [2.24, 2.45) is 5.92 Å². The van der Waals surface area contributed by atoms with Crippen LogP contribution in [0.3, 0.4) is 0 Å². The first-order valence-electron chi connectivity index (χ1n) is 4.34. The van der Waals surface area contributed by atoms with Crippen molar-refractivity contribution >= 4 is 0 Å². The molecule has 0 heterocycles. The highest BCUT2D eigenvalue weighted by Crippen LogP contribution is 2.21. The van der Waals surface area contributed by atoms with Crippen molar-refractivity contribution in [3.63, 3.8) is 0 Å². The summed E-state index contributed by atoms with van der Waals surface area (Å²) in [6.07, 6.45) is -0.188. The third kappa shape index (κ3) is 3.52. The van der Waals surface area contributed by atoms with E-state index in [1.54, 1.807) is 25.9 Å². The van der Waals surface area contributed by atoms with Crippen molar-refractivity contribution in [1.29, 1.82) is 0 Å². The molecule has 0 amide bonds. The van der Waals surface area contributed by atoms with Gasteiger partial charge in [-0.1, -0.05) is 13.8 Å². The molecule has 12 heavy (non-hydrogen) atoms. The molecule has 0 fully saturated rings. The van der Waals surface area contributed by atoms with Gasteiger partial charge in [0.1, 0.15) is 11.8 Å². The van der Waals surface area contributed by atoms with Crippen LogP contribution in [-0.4, -0.2) is 41.0 Å². The van der Waals surface area contributed by atoms with Gasteiger partial charge in [0.2, 0.25) is 0 Å². The smallest absolute Gasteiger partial charge is 0.135 e. The normalized spacial score (nSPS) is 19.8. The van der Waals surface area contributed by atoms with E-state index in [1.807, 2.05) is 13.8 Å². The van der Waals surface area contributed by atoms with Crippen molar-refractivity contribution in [3.05, 3.63) is 0 Å². The van der Waals surface area contributed by atoms with Gasteiger partial charge in [0.15, 0.2) is 0 Å². The van der Waals surface area contributed by atoms with Crippen molar-refractivity contribution in [3.8, 4) is 0 Å². The lowest BCUT2D eigenvalue weighted by molar-refractivity contribution is -0.133. The molecule has 3 heteroatoms. The minimum absolute atomic E-state index is 0.384. The van der Waals surface area contributed by atoms with Crippen LogP contribution >= 0.6 is 0 Å². The average Bonchev–Trinajstić information content (AvgIpc) is 1.82. The molecule has 2 N–H and O–H groups in total. The van der Waals surface area contributed by atoms with Crippen LogP contribution in [0.1, 0.15) is 27.2 Å². The minimum atomic E-state index is -1.02. The van der Waals surface area contributed by atoms with E-state index in [1.165, 1.54) is 0 Å². The SMILES string of the molecule is CC(C)CC(C)(O)C(O)N(C)C. The summed E-state index contributed by atoms with van der Waals surface area (Å²) in [4.78, 5) is 1.61. The number of aliphatic hydroxyl groups excluding tert-OH is 1. The summed E-state index contributed by atoms with van der Waals surface area (Å²) in [5.41, 5.74) is -1.02. The van der Waals surface area contributed by atoms with Gasteiger partial charge >= 0.3 is 0 Å². The highest BCUT2D eigenvalue weighted by molar-refractivity contribution is 4.80. The lowest BCUT2D eigenvalue weighted by atomic mass is 9.92. The molecular weight excluding hydrogens is 154 g/mol. The van der Waals surface area contributed by atoms with Crippen molar-refractivity contribution in [2.45, 2.75) is 39.0 Å². The molecular formula is C9H21NO2. The standard InChI is InChI=1S/C9H21NO2/c1-7(2)6-9(3,12)8(11)10(4)5/h7-8,11-12H,6H2,1-5H3. The lowest BCUT2D eigenvalue weighted by Gasteiger charge is -2.34. The van der Waals surface area contributed by atoms with Gasteiger partial charge in [0, 0.05) is 0 Å². The fraction of sp³-hybridized carbons (Fsp3) is 1.00. The Kier molecular flexibility index (Phi) is 4.17. The van der Waals surface area contributed by atoms with Crippen LogP contribution < -0.4 is 0 Å². The maximum absolute atomic E-state index is 9.83. The summed E-state index contributed by atoms with van der Waals surface area (Å²) in [5.74, 6) is 0.384. The van der Waals surface area contributed by atoms with Crippen LogP contribution in [0.2, 0.25) is 0 Å². The summed E-state index contributed by atoms with van der Waals surface area (Å²) < 4.78 is 0. The van der Waals surface area contributed by atoms with Gasteiger partial charge in [-0.05, 0) is 33.4 Å². The Hall–Kier alpha value is -0.120. The van der Waals surface area contributed by atoms with Gasteiger partial charge < -0.3 is 10.2 Å². The highest BCUT2D eigenvalue weighted by Gasteiger charge is 2.32. The Morgan fingerprint density at radius 2 is 1.75 bits per heavy atom. The molecule has 0 aliphatic heterocycles. The van der Waals surface area contributed by atoms with Crippen LogP contribution in [-0.2, 0) is 0 Å². The maximum atomic E-state index is 9.83. The molecule has 0 aromatic heterocycles. The van der Waals surface area contributed by atoms with Crippen LogP contribution in [0.15, 0.2) is 0 Å². The Morgan fingerprint density at radius 1 is 1.33 bits per heavy atom. The number of rotatable bonds is 4. The fourth-order valence-corrected chi connectivity index (χ4v) is 1.49. The molecule has 0 aliphatic carbocycles. The van der Waals surface area contributed by atoms with E-state index >= 15 is 0 Å². The van der Waals surface area contributed by atoms with Gasteiger partial charge in [-0.3, -0.25) is 4.90 Å². The molecule has 0 aliphatic rings. The van der Waals surface area contributed by atoms with E-state index in [2.05, 4.69) is 0 Å². The van der Waals surface area contributed by atoms with Crippen LogP contribution in [0.5, 0.6) is 0 Å². The maximum Gasteiger partial charge on any atom is 0.135 e. The quantitative estimate of drug-likeness (QED) is 0.617. The predicted molar refractivity (Wildman–Crippen MR) is 49.8 cm³/mol. The third-order valence-corrected chi connectivity index (χ3v) is 1.87. The minimum Gasteiger partial charge on any atom is -0.386 e. The molecule has 74 valence electrons. The number of nitrogens with zero attached hydrogens (tertiary/aromatic N) is 1. The van der Waals surface area contributed by atoms with Gasteiger partial charge in [-0.15, -0.1) is 0 Å². The summed E-state index contributed by atoms with van der Waals surface area (Å²) in [7, 11) is 3.50. The van der Waals surface area contributed by atoms with Gasteiger partial charge in [0.05, 0.1) is 0 Å². The summed E-state index contributed by atoms with van der Waals surface area (Å²) in [6.45, 7) is 5.71. The molecule has 2 atom stereocenters. The molecule has 0 radical (unpaired) electrons. The number of likely N-dealkylation sites (N-methyl/N-ethyl adjacent to an activating group) is 1.